The third-order valence-electron chi connectivity index (χ3n) is 4.15. The molecular weight excluding hydrogens is 322 g/mol. The van der Waals surface area contributed by atoms with Crippen molar-refractivity contribution in [3.05, 3.63) is 65.7 Å². The molecule has 5 heteroatoms. The standard InChI is InChI=1S/C19H21NO3S/c1-15(16-5-3-2-4-6-16)23-18-9-7-17(8-10-18)19(21)20-11-13-24(22)14-12-20/h2-10,15H,11-14H2,1H3/t15-/m1/s1. The van der Waals surface area contributed by atoms with Gasteiger partial charge < -0.3 is 9.64 Å². The van der Waals surface area contributed by atoms with Crippen molar-refractivity contribution in [3.63, 3.8) is 0 Å². The molecule has 1 aliphatic rings. The van der Waals surface area contributed by atoms with Gasteiger partial charge in [0, 0.05) is 41.0 Å². The van der Waals surface area contributed by atoms with Crippen LogP contribution in [0.1, 0.15) is 28.9 Å². The Hall–Kier alpha value is -2.14. The van der Waals surface area contributed by atoms with Crippen molar-refractivity contribution in [3.8, 4) is 5.75 Å². The average molecular weight is 343 g/mol. The summed E-state index contributed by atoms with van der Waals surface area (Å²) in [6.07, 6.45) is -0.0511. The molecule has 0 N–H and O–H groups in total. The van der Waals surface area contributed by atoms with E-state index in [4.69, 9.17) is 4.74 Å². The molecule has 0 radical (unpaired) electrons. The first-order valence-electron chi connectivity index (χ1n) is 8.09. The minimum Gasteiger partial charge on any atom is -0.486 e. The minimum absolute atomic E-state index is 0.00522. The number of amides is 1. The second-order valence-corrected chi connectivity index (χ2v) is 7.53. The Balaban J connectivity index is 1.63. The van der Waals surface area contributed by atoms with Gasteiger partial charge in [-0.25, -0.2) is 0 Å². The van der Waals surface area contributed by atoms with Crippen LogP contribution in [0.5, 0.6) is 5.75 Å². The normalized spacial score (nSPS) is 16.6. The number of ether oxygens (including phenoxy) is 1. The number of nitrogens with zero attached hydrogens (tertiary/aromatic N) is 1. The van der Waals surface area contributed by atoms with E-state index >= 15 is 0 Å². The Bertz CT molecular complexity index is 705. The summed E-state index contributed by atoms with van der Waals surface area (Å²) >= 11 is 0. The molecule has 1 fully saturated rings. The van der Waals surface area contributed by atoms with Crippen molar-refractivity contribution in [1.29, 1.82) is 0 Å². The predicted octanol–water partition coefficient (Wildman–Crippen LogP) is 3.03. The highest BCUT2D eigenvalue weighted by atomic mass is 32.2. The van der Waals surface area contributed by atoms with Gasteiger partial charge in [-0.15, -0.1) is 0 Å². The molecule has 1 atom stereocenters. The van der Waals surface area contributed by atoms with Gasteiger partial charge in [-0.1, -0.05) is 30.3 Å². The summed E-state index contributed by atoms with van der Waals surface area (Å²) in [5, 5.41) is 0. The summed E-state index contributed by atoms with van der Waals surface area (Å²) in [5.74, 6) is 1.88. The summed E-state index contributed by atoms with van der Waals surface area (Å²) in [4.78, 5) is 14.2. The van der Waals surface area contributed by atoms with Crippen molar-refractivity contribution < 1.29 is 13.7 Å². The molecule has 0 saturated carbocycles. The lowest BCUT2D eigenvalue weighted by molar-refractivity contribution is 0.0771. The first-order valence-corrected chi connectivity index (χ1v) is 9.58. The maximum Gasteiger partial charge on any atom is 0.253 e. The third-order valence-corrected chi connectivity index (χ3v) is 5.42. The fraction of sp³-hybridized carbons (Fsp3) is 0.316. The van der Waals surface area contributed by atoms with Crippen LogP contribution in [0.15, 0.2) is 54.6 Å². The molecule has 0 unspecified atom stereocenters. The Morgan fingerprint density at radius 2 is 1.67 bits per heavy atom. The highest BCUT2D eigenvalue weighted by molar-refractivity contribution is 7.85. The van der Waals surface area contributed by atoms with E-state index in [-0.39, 0.29) is 12.0 Å². The van der Waals surface area contributed by atoms with Gasteiger partial charge in [-0.05, 0) is 36.8 Å². The van der Waals surface area contributed by atoms with Crippen LogP contribution in [-0.2, 0) is 10.8 Å². The van der Waals surface area contributed by atoms with Gasteiger partial charge >= 0.3 is 0 Å². The first-order chi connectivity index (χ1) is 11.6. The molecule has 0 aliphatic carbocycles. The number of carbonyl (C=O) groups is 1. The molecule has 0 aromatic heterocycles. The van der Waals surface area contributed by atoms with Crippen LogP contribution in [0.3, 0.4) is 0 Å². The summed E-state index contributed by atoms with van der Waals surface area (Å²) in [7, 11) is -0.776. The van der Waals surface area contributed by atoms with Crippen molar-refractivity contribution in [1.82, 2.24) is 4.90 Å². The van der Waals surface area contributed by atoms with Gasteiger partial charge in [0.15, 0.2) is 0 Å². The highest BCUT2D eigenvalue weighted by Crippen LogP contribution is 2.22. The number of hydrogen-bond acceptors (Lipinski definition) is 3. The van der Waals surface area contributed by atoms with E-state index in [0.29, 0.717) is 30.2 Å². The zero-order valence-electron chi connectivity index (χ0n) is 13.7. The molecule has 1 aliphatic heterocycles. The van der Waals surface area contributed by atoms with Crippen LogP contribution >= 0.6 is 0 Å². The van der Waals surface area contributed by atoms with E-state index in [0.717, 1.165) is 11.3 Å². The topological polar surface area (TPSA) is 46.6 Å². The monoisotopic (exact) mass is 343 g/mol. The molecule has 1 heterocycles. The second kappa shape index (κ2) is 7.62. The SMILES string of the molecule is C[C@@H](Oc1ccc(C(=O)N2CCS(=O)CC2)cc1)c1ccccc1. The van der Waals surface area contributed by atoms with E-state index in [9.17, 15) is 9.00 Å². The lowest BCUT2D eigenvalue weighted by Gasteiger charge is -2.26. The molecule has 3 rings (SSSR count). The molecule has 0 bridgehead atoms. The summed E-state index contributed by atoms with van der Waals surface area (Å²) in [6.45, 7) is 3.13. The third kappa shape index (κ3) is 4.03. The molecule has 1 saturated heterocycles. The van der Waals surface area contributed by atoms with Crippen molar-refractivity contribution >= 4 is 16.7 Å². The van der Waals surface area contributed by atoms with Crippen LogP contribution in [0.25, 0.3) is 0 Å². The Labute approximate surface area is 144 Å². The van der Waals surface area contributed by atoms with Crippen LogP contribution in [0, 0.1) is 0 Å². The fourth-order valence-corrected chi connectivity index (χ4v) is 3.75. The number of benzene rings is 2. The van der Waals surface area contributed by atoms with Gasteiger partial charge in [0.1, 0.15) is 11.9 Å². The minimum atomic E-state index is -0.776. The molecular formula is C19H21NO3S. The number of rotatable bonds is 4. The Morgan fingerprint density at radius 1 is 1.04 bits per heavy atom. The summed E-state index contributed by atoms with van der Waals surface area (Å²) < 4.78 is 17.3. The van der Waals surface area contributed by atoms with Gasteiger partial charge in [0.25, 0.3) is 5.91 Å². The zero-order chi connectivity index (χ0) is 16.9. The van der Waals surface area contributed by atoms with Gasteiger partial charge in [0.05, 0.1) is 0 Å². The molecule has 1 amide bonds. The summed E-state index contributed by atoms with van der Waals surface area (Å²) in [5.41, 5.74) is 1.75. The first kappa shape index (κ1) is 16.7. The number of hydrogen-bond donors (Lipinski definition) is 0. The highest BCUT2D eigenvalue weighted by Gasteiger charge is 2.21. The fourth-order valence-electron chi connectivity index (χ4n) is 2.70. The summed E-state index contributed by atoms with van der Waals surface area (Å²) in [6, 6.07) is 17.3. The maximum atomic E-state index is 12.4. The van der Waals surface area contributed by atoms with Gasteiger partial charge in [-0.2, -0.15) is 0 Å². The van der Waals surface area contributed by atoms with E-state index < -0.39 is 10.8 Å². The molecule has 126 valence electrons. The molecule has 24 heavy (non-hydrogen) atoms. The van der Waals surface area contributed by atoms with Gasteiger partial charge in [-0.3, -0.25) is 9.00 Å². The van der Waals surface area contributed by atoms with Crippen molar-refractivity contribution in [2.75, 3.05) is 24.6 Å². The molecule has 2 aromatic carbocycles. The predicted molar refractivity (Wildman–Crippen MR) is 95.7 cm³/mol. The van der Waals surface area contributed by atoms with E-state index in [1.165, 1.54) is 0 Å². The molecule has 0 spiro atoms. The average Bonchev–Trinajstić information content (AvgIpc) is 2.63. The largest absolute Gasteiger partial charge is 0.486 e. The van der Waals surface area contributed by atoms with E-state index in [1.807, 2.05) is 49.4 Å². The van der Waals surface area contributed by atoms with E-state index in [2.05, 4.69) is 0 Å². The quantitative estimate of drug-likeness (QED) is 0.857. The molecule has 4 nitrogen and oxygen atoms in total. The van der Waals surface area contributed by atoms with Gasteiger partial charge in [0.2, 0.25) is 0 Å². The zero-order valence-corrected chi connectivity index (χ0v) is 14.5. The maximum absolute atomic E-state index is 12.4. The van der Waals surface area contributed by atoms with Crippen molar-refractivity contribution in [2.45, 2.75) is 13.0 Å². The van der Waals surface area contributed by atoms with Crippen molar-refractivity contribution in [2.24, 2.45) is 0 Å². The van der Waals surface area contributed by atoms with Crippen LogP contribution in [0.4, 0.5) is 0 Å². The molecule has 2 aromatic rings. The Morgan fingerprint density at radius 3 is 2.29 bits per heavy atom. The van der Waals surface area contributed by atoms with Crippen LogP contribution < -0.4 is 4.74 Å². The smallest absolute Gasteiger partial charge is 0.253 e. The number of carbonyl (C=O) groups excluding carboxylic acids is 1. The second-order valence-electron chi connectivity index (χ2n) is 5.84. The van der Waals surface area contributed by atoms with Crippen LogP contribution in [0.2, 0.25) is 0 Å². The lowest BCUT2D eigenvalue weighted by Crippen LogP contribution is -2.41. The Kier molecular flexibility index (Phi) is 5.30. The van der Waals surface area contributed by atoms with E-state index in [1.54, 1.807) is 17.0 Å². The lowest BCUT2D eigenvalue weighted by atomic mass is 10.1. The van der Waals surface area contributed by atoms with Crippen LogP contribution in [-0.4, -0.2) is 39.6 Å².